The highest BCUT2D eigenvalue weighted by molar-refractivity contribution is 6.04. The molecule has 2 aromatic carbocycles. The summed E-state index contributed by atoms with van der Waals surface area (Å²) in [7, 11) is 1.57. The Bertz CT molecular complexity index is 956. The molecule has 3 rings (SSSR count). The molecule has 0 aliphatic rings. The van der Waals surface area contributed by atoms with E-state index in [1.54, 1.807) is 31.5 Å². The van der Waals surface area contributed by atoms with E-state index >= 15 is 0 Å². The van der Waals surface area contributed by atoms with Gasteiger partial charge in [0, 0.05) is 17.6 Å². The van der Waals surface area contributed by atoms with Crippen LogP contribution in [0.1, 0.15) is 15.9 Å². The molecule has 1 aromatic heterocycles. The second kappa shape index (κ2) is 7.99. The van der Waals surface area contributed by atoms with Crippen molar-refractivity contribution in [1.82, 2.24) is 4.98 Å². The standard InChI is InChI=1S/C20H16F3N3O2/c1-28-18-8-6-15(7-9-18)25-17-10-13(11-24-12-17)19(27)26-16-4-2-14(3-5-16)20(21,22)23/h2-12,25H,1H3,(H,26,27). The second-order valence-electron chi connectivity index (χ2n) is 5.85. The minimum atomic E-state index is -4.42. The molecule has 2 N–H and O–H groups in total. The lowest BCUT2D eigenvalue weighted by atomic mass is 10.2. The lowest BCUT2D eigenvalue weighted by Gasteiger charge is -2.10. The van der Waals surface area contributed by atoms with Crippen molar-refractivity contribution in [1.29, 1.82) is 0 Å². The number of amides is 1. The van der Waals surface area contributed by atoms with Gasteiger partial charge in [-0.25, -0.2) is 0 Å². The monoisotopic (exact) mass is 387 g/mol. The van der Waals surface area contributed by atoms with Crippen molar-refractivity contribution in [2.24, 2.45) is 0 Å². The summed E-state index contributed by atoms with van der Waals surface area (Å²) in [6.07, 6.45) is -1.49. The Morgan fingerprint density at radius 1 is 0.929 bits per heavy atom. The van der Waals surface area contributed by atoms with Gasteiger partial charge in [-0.3, -0.25) is 9.78 Å². The lowest BCUT2D eigenvalue weighted by Crippen LogP contribution is -2.13. The molecule has 0 aliphatic carbocycles. The molecule has 0 spiro atoms. The van der Waals surface area contributed by atoms with Crippen molar-refractivity contribution in [3.63, 3.8) is 0 Å². The zero-order valence-electron chi connectivity index (χ0n) is 14.7. The number of methoxy groups -OCH3 is 1. The number of nitrogens with one attached hydrogen (secondary N) is 2. The van der Waals surface area contributed by atoms with E-state index < -0.39 is 17.6 Å². The number of halogens is 3. The van der Waals surface area contributed by atoms with Crippen LogP contribution in [-0.2, 0) is 6.18 Å². The van der Waals surface area contributed by atoms with Gasteiger partial charge in [0.1, 0.15) is 5.75 Å². The maximum Gasteiger partial charge on any atom is 0.416 e. The number of ether oxygens (including phenoxy) is 1. The van der Waals surface area contributed by atoms with Crippen LogP contribution in [0.3, 0.4) is 0 Å². The van der Waals surface area contributed by atoms with Crippen molar-refractivity contribution >= 4 is 23.0 Å². The van der Waals surface area contributed by atoms with Crippen LogP contribution >= 0.6 is 0 Å². The van der Waals surface area contributed by atoms with E-state index in [0.717, 1.165) is 17.8 Å². The van der Waals surface area contributed by atoms with Crippen molar-refractivity contribution in [3.05, 3.63) is 78.1 Å². The molecule has 0 unspecified atom stereocenters. The van der Waals surface area contributed by atoms with Gasteiger partial charge in [0.15, 0.2) is 0 Å². The second-order valence-corrected chi connectivity index (χ2v) is 5.85. The average Bonchev–Trinajstić information content (AvgIpc) is 2.68. The van der Waals surface area contributed by atoms with Gasteiger partial charge in [-0.1, -0.05) is 0 Å². The summed E-state index contributed by atoms with van der Waals surface area (Å²) in [5.74, 6) is 0.235. The van der Waals surface area contributed by atoms with Crippen molar-refractivity contribution in [2.45, 2.75) is 6.18 Å². The van der Waals surface area contributed by atoms with Crippen LogP contribution in [0.2, 0.25) is 0 Å². The third kappa shape index (κ3) is 4.79. The summed E-state index contributed by atoms with van der Waals surface area (Å²) >= 11 is 0. The molecule has 0 bridgehead atoms. The Hall–Kier alpha value is -3.55. The van der Waals surface area contributed by atoms with E-state index in [1.807, 2.05) is 12.1 Å². The highest BCUT2D eigenvalue weighted by Crippen LogP contribution is 2.30. The van der Waals surface area contributed by atoms with Crippen LogP contribution in [-0.4, -0.2) is 18.0 Å². The molecule has 1 heterocycles. The number of aromatic nitrogens is 1. The number of hydrogen-bond acceptors (Lipinski definition) is 4. The fourth-order valence-electron chi connectivity index (χ4n) is 2.42. The zero-order valence-corrected chi connectivity index (χ0v) is 14.7. The van der Waals surface area contributed by atoms with Crippen LogP contribution in [0.15, 0.2) is 67.0 Å². The van der Waals surface area contributed by atoms with Crippen LogP contribution in [0.4, 0.5) is 30.2 Å². The molecule has 0 radical (unpaired) electrons. The fourth-order valence-corrected chi connectivity index (χ4v) is 2.42. The molecule has 0 fully saturated rings. The molecule has 0 atom stereocenters. The van der Waals surface area contributed by atoms with E-state index in [1.165, 1.54) is 18.3 Å². The molecule has 8 heteroatoms. The Morgan fingerprint density at radius 3 is 2.18 bits per heavy atom. The highest BCUT2D eigenvalue weighted by atomic mass is 19.4. The zero-order chi connectivity index (χ0) is 20.1. The number of nitrogens with zero attached hydrogens (tertiary/aromatic N) is 1. The molecule has 0 aliphatic heterocycles. The topological polar surface area (TPSA) is 63.2 Å². The smallest absolute Gasteiger partial charge is 0.416 e. The fraction of sp³-hybridized carbons (Fsp3) is 0.100. The Morgan fingerprint density at radius 2 is 1.57 bits per heavy atom. The minimum absolute atomic E-state index is 0.256. The quantitative estimate of drug-likeness (QED) is 0.639. The van der Waals surface area contributed by atoms with Crippen molar-refractivity contribution < 1.29 is 22.7 Å². The molecule has 0 saturated heterocycles. The predicted octanol–water partition coefficient (Wildman–Crippen LogP) is 5.10. The van der Waals surface area contributed by atoms with Gasteiger partial charge < -0.3 is 15.4 Å². The number of hydrogen-bond donors (Lipinski definition) is 2. The summed E-state index contributed by atoms with van der Waals surface area (Å²) in [4.78, 5) is 16.4. The average molecular weight is 387 g/mol. The summed E-state index contributed by atoms with van der Waals surface area (Å²) < 4.78 is 42.9. The first-order chi connectivity index (χ1) is 13.3. The maximum atomic E-state index is 12.6. The van der Waals surface area contributed by atoms with Gasteiger partial charge in [-0.2, -0.15) is 13.2 Å². The first-order valence-corrected chi connectivity index (χ1v) is 8.20. The molecule has 3 aromatic rings. The Labute approximate surface area is 159 Å². The number of anilines is 3. The third-order valence-corrected chi connectivity index (χ3v) is 3.85. The normalized spacial score (nSPS) is 11.0. The SMILES string of the molecule is COc1ccc(Nc2cncc(C(=O)Nc3ccc(C(F)(F)F)cc3)c2)cc1. The molecule has 5 nitrogen and oxygen atoms in total. The number of carbonyl (C=O) groups is 1. The van der Waals surface area contributed by atoms with E-state index in [4.69, 9.17) is 4.74 Å². The van der Waals surface area contributed by atoms with Crippen LogP contribution in [0, 0.1) is 0 Å². The largest absolute Gasteiger partial charge is 0.497 e. The van der Waals surface area contributed by atoms with Gasteiger partial charge in [-0.15, -0.1) is 0 Å². The van der Waals surface area contributed by atoms with Crippen molar-refractivity contribution in [2.75, 3.05) is 17.7 Å². The van der Waals surface area contributed by atoms with Gasteiger partial charge in [0.2, 0.25) is 0 Å². The number of carbonyl (C=O) groups excluding carboxylic acids is 1. The summed E-state index contributed by atoms with van der Waals surface area (Å²) in [6, 6.07) is 13.0. The lowest BCUT2D eigenvalue weighted by molar-refractivity contribution is -0.137. The first-order valence-electron chi connectivity index (χ1n) is 8.20. The molecular weight excluding hydrogens is 371 g/mol. The van der Waals surface area contributed by atoms with Gasteiger partial charge in [0.05, 0.1) is 30.1 Å². The van der Waals surface area contributed by atoms with Crippen LogP contribution in [0.5, 0.6) is 5.75 Å². The predicted molar refractivity (Wildman–Crippen MR) is 99.9 cm³/mol. The molecular formula is C20H16F3N3O2. The molecule has 144 valence electrons. The third-order valence-electron chi connectivity index (χ3n) is 3.85. The van der Waals surface area contributed by atoms with Gasteiger partial charge >= 0.3 is 6.18 Å². The summed E-state index contributed by atoms with van der Waals surface area (Å²) in [5, 5.41) is 5.67. The van der Waals surface area contributed by atoms with Gasteiger partial charge in [0.25, 0.3) is 5.91 Å². The number of alkyl halides is 3. The van der Waals surface area contributed by atoms with Gasteiger partial charge in [-0.05, 0) is 54.6 Å². The molecule has 28 heavy (non-hydrogen) atoms. The summed E-state index contributed by atoms with van der Waals surface area (Å²) in [6.45, 7) is 0. The summed E-state index contributed by atoms with van der Waals surface area (Å²) in [5.41, 5.74) is 1.11. The minimum Gasteiger partial charge on any atom is -0.497 e. The number of benzene rings is 2. The molecule has 1 amide bonds. The van der Waals surface area contributed by atoms with E-state index in [-0.39, 0.29) is 11.3 Å². The highest BCUT2D eigenvalue weighted by Gasteiger charge is 2.30. The van der Waals surface area contributed by atoms with E-state index in [0.29, 0.717) is 11.4 Å². The Kier molecular flexibility index (Phi) is 5.49. The van der Waals surface area contributed by atoms with Crippen LogP contribution < -0.4 is 15.4 Å². The van der Waals surface area contributed by atoms with Crippen LogP contribution in [0.25, 0.3) is 0 Å². The first kappa shape index (κ1) is 19.2. The maximum absolute atomic E-state index is 12.6. The van der Waals surface area contributed by atoms with Crippen molar-refractivity contribution in [3.8, 4) is 5.75 Å². The molecule has 0 saturated carbocycles. The van der Waals surface area contributed by atoms with E-state index in [2.05, 4.69) is 15.6 Å². The number of rotatable bonds is 5. The number of pyridine rings is 1. The van der Waals surface area contributed by atoms with E-state index in [9.17, 15) is 18.0 Å². The Balaban J connectivity index is 1.69.